The number of halogens is 1. The van der Waals surface area contributed by atoms with E-state index in [0.717, 1.165) is 17.9 Å². The van der Waals surface area contributed by atoms with Crippen LogP contribution in [0.25, 0.3) is 0 Å². The standard InChI is InChI=1S/C16H22BrNS/c17-15-3-1-13(2-4-15)14-9-16(10-14)18-11-12-5-7-19-8-6-12/h1-4,12,14,16,18H,5-11H2. The minimum absolute atomic E-state index is 0.767. The Morgan fingerprint density at radius 2 is 1.79 bits per heavy atom. The average molecular weight is 340 g/mol. The zero-order valence-electron chi connectivity index (χ0n) is 11.3. The van der Waals surface area contributed by atoms with Crippen LogP contribution in [0, 0.1) is 5.92 Å². The van der Waals surface area contributed by atoms with Crippen molar-refractivity contribution in [3.8, 4) is 0 Å². The Labute approximate surface area is 129 Å². The zero-order chi connectivity index (χ0) is 13.1. The van der Waals surface area contributed by atoms with Gasteiger partial charge in [0, 0.05) is 10.5 Å². The van der Waals surface area contributed by atoms with Gasteiger partial charge in [0.2, 0.25) is 0 Å². The molecule has 1 nitrogen and oxygen atoms in total. The fourth-order valence-corrected chi connectivity index (χ4v) is 4.54. The molecule has 0 aromatic heterocycles. The van der Waals surface area contributed by atoms with Crippen LogP contribution < -0.4 is 5.32 Å². The Kier molecular flexibility index (Phi) is 4.88. The van der Waals surface area contributed by atoms with Crippen LogP contribution in [-0.4, -0.2) is 24.1 Å². The van der Waals surface area contributed by atoms with Gasteiger partial charge in [-0.15, -0.1) is 0 Å². The quantitative estimate of drug-likeness (QED) is 0.870. The fraction of sp³-hybridized carbons (Fsp3) is 0.625. The molecule has 1 aliphatic carbocycles. The number of thioether (sulfide) groups is 1. The summed E-state index contributed by atoms with van der Waals surface area (Å²) < 4.78 is 1.18. The van der Waals surface area contributed by atoms with Gasteiger partial charge in [-0.2, -0.15) is 11.8 Å². The highest BCUT2D eigenvalue weighted by Gasteiger charge is 2.30. The van der Waals surface area contributed by atoms with Gasteiger partial charge in [0.1, 0.15) is 0 Å². The molecule has 0 spiro atoms. The Morgan fingerprint density at radius 3 is 2.47 bits per heavy atom. The lowest BCUT2D eigenvalue weighted by atomic mass is 9.76. The number of hydrogen-bond acceptors (Lipinski definition) is 2. The molecule has 2 aliphatic rings. The third-order valence-corrected chi connectivity index (χ3v) is 6.09. The van der Waals surface area contributed by atoms with Gasteiger partial charge in [0.05, 0.1) is 0 Å². The summed E-state index contributed by atoms with van der Waals surface area (Å²) in [6.07, 6.45) is 5.48. The van der Waals surface area contributed by atoms with Crippen molar-refractivity contribution in [2.75, 3.05) is 18.1 Å². The van der Waals surface area contributed by atoms with Crippen molar-refractivity contribution in [2.24, 2.45) is 5.92 Å². The lowest BCUT2D eigenvalue weighted by Gasteiger charge is -2.37. The number of nitrogens with one attached hydrogen (secondary N) is 1. The molecular formula is C16H22BrNS. The number of hydrogen-bond donors (Lipinski definition) is 1. The summed E-state index contributed by atoms with van der Waals surface area (Å²) in [6, 6.07) is 9.63. The topological polar surface area (TPSA) is 12.0 Å². The fourth-order valence-electron chi connectivity index (χ4n) is 3.08. The van der Waals surface area contributed by atoms with E-state index in [2.05, 4.69) is 57.3 Å². The molecule has 3 rings (SSSR count). The van der Waals surface area contributed by atoms with Crippen molar-refractivity contribution in [3.05, 3.63) is 34.3 Å². The van der Waals surface area contributed by atoms with E-state index in [4.69, 9.17) is 0 Å². The summed E-state index contributed by atoms with van der Waals surface area (Å²) in [5.41, 5.74) is 1.51. The third-order valence-electron chi connectivity index (χ3n) is 4.52. The highest BCUT2D eigenvalue weighted by atomic mass is 79.9. The first-order chi connectivity index (χ1) is 9.31. The van der Waals surface area contributed by atoms with Crippen LogP contribution in [0.3, 0.4) is 0 Å². The lowest BCUT2D eigenvalue weighted by molar-refractivity contribution is 0.272. The predicted octanol–water partition coefficient (Wildman–Crippen LogP) is 4.43. The Balaban J connectivity index is 1.39. The van der Waals surface area contributed by atoms with Crippen LogP contribution in [-0.2, 0) is 0 Å². The molecule has 104 valence electrons. The summed E-state index contributed by atoms with van der Waals surface area (Å²) >= 11 is 5.62. The molecule has 1 saturated carbocycles. The second-order valence-corrected chi connectivity index (χ2v) is 8.02. The highest BCUT2D eigenvalue weighted by molar-refractivity contribution is 9.10. The molecule has 1 aromatic rings. The molecule has 1 heterocycles. The van der Waals surface area contributed by atoms with Gasteiger partial charge >= 0.3 is 0 Å². The average Bonchev–Trinajstić information content (AvgIpc) is 2.40. The number of rotatable bonds is 4. The first kappa shape index (κ1) is 14.0. The summed E-state index contributed by atoms with van der Waals surface area (Å²) in [6.45, 7) is 1.25. The van der Waals surface area contributed by atoms with E-state index in [0.29, 0.717) is 0 Å². The largest absolute Gasteiger partial charge is 0.314 e. The Bertz CT molecular complexity index is 394. The second-order valence-electron chi connectivity index (χ2n) is 5.88. The monoisotopic (exact) mass is 339 g/mol. The molecule has 1 aromatic carbocycles. The smallest absolute Gasteiger partial charge is 0.0175 e. The van der Waals surface area contributed by atoms with Crippen LogP contribution >= 0.6 is 27.7 Å². The van der Waals surface area contributed by atoms with Crippen LogP contribution in [0.15, 0.2) is 28.7 Å². The van der Waals surface area contributed by atoms with Gasteiger partial charge in [-0.1, -0.05) is 28.1 Å². The van der Waals surface area contributed by atoms with E-state index in [-0.39, 0.29) is 0 Å². The summed E-state index contributed by atoms with van der Waals surface area (Å²) in [5, 5.41) is 3.78. The van der Waals surface area contributed by atoms with E-state index in [1.54, 1.807) is 0 Å². The molecule has 3 heteroatoms. The maximum absolute atomic E-state index is 3.78. The molecule has 1 aliphatic heterocycles. The molecule has 0 atom stereocenters. The first-order valence-corrected chi connectivity index (χ1v) is 9.32. The van der Waals surface area contributed by atoms with E-state index in [1.165, 1.54) is 53.8 Å². The molecule has 1 N–H and O–H groups in total. The minimum Gasteiger partial charge on any atom is -0.314 e. The normalized spacial score (nSPS) is 28.1. The first-order valence-electron chi connectivity index (χ1n) is 7.38. The molecule has 19 heavy (non-hydrogen) atoms. The summed E-state index contributed by atoms with van der Waals surface area (Å²) in [7, 11) is 0. The van der Waals surface area contributed by atoms with Gasteiger partial charge in [-0.25, -0.2) is 0 Å². The van der Waals surface area contributed by atoms with Crippen LogP contribution in [0.1, 0.15) is 37.2 Å². The Morgan fingerprint density at radius 1 is 1.11 bits per heavy atom. The summed E-state index contributed by atoms with van der Waals surface area (Å²) in [4.78, 5) is 0. The van der Waals surface area contributed by atoms with Crippen LogP contribution in [0.4, 0.5) is 0 Å². The molecule has 1 saturated heterocycles. The van der Waals surface area contributed by atoms with E-state index >= 15 is 0 Å². The van der Waals surface area contributed by atoms with Gasteiger partial charge in [0.25, 0.3) is 0 Å². The van der Waals surface area contributed by atoms with E-state index < -0.39 is 0 Å². The summed E-state index contributed by atoms with van der Waals surface area (Å²) in [5.74, 6) is 4.47. The molecule has 2 fully saturated rings. The van der Waals surface area contributed by atoms with Gasteiger partial charge < -0.3 is 5.32 Å². The zero-order valence-corrected chi connectivity index (χ0v) is 13.7. The molecule has 0 amide bonds. The van der Waals surface area contributed by atoms with E-state index in [1.807, 2.05) is 0 Å². The van der Waals surface area contributed by atoms with Crippen molar-refractivity contribution < 1.29 is 0 Å². The minimum atomic E-state index is 0.767. The maximum Gasteiger partial charge on any atom is 0.0175 e. The van der Waals surface area contributed by atoms with Crippen molar-refractivity contribution >= 4 is 27.7 Å². The molecule has 0 unspecified atom stereocenters. The van der Waals surface area contributed by atoms with Crippen molar-refractivity contribution in [1.82, 2.24) is 5.32 Å². The molecule has 0 radical (unpaired) electrons. The van der Waals surface area contributed by atoms with Gasteiger partial charge in [-0.3, -0.25) is 0 Å². The van der Waals surface area contributed by atoms with Crippen LogP contribution in [0.2, 0.25) is 0 Å². The van der Waals surface area contributed by atoms with Crippen molar-refractivity contribution in [3.63, 3.8) is 0 Å². The van der Waals surface area contributed by atoms with Gasteiger partial charge in [0.15, 0.2) is 0 Å². The predicted molar refractivity (Wildman–Crippen MR) is 88.0 cm³/mol. The molecular weight excluding hydrogens is 318 g/mol. The highest BCUT2D eigenvalue weighted by Crippen LogP contribution is 2.37. The SMILES string of the molecule is Brc1ccc(C2CC(NCC3CCSCC3)C2)cc1. The Hall–Kier alpha value is 0.01000. The van der Waals surface area contributed by atoms with Crippen LogP contribution in [0.5, 0.6) is 0 Å². The molecule has 0 bridgehead atoms. The maximum atomic E-state index is 3.78. The van der Waals surface area contributed by atoms with Crippen molar-refractivity contribution in [1.29, 1.82) is 0 Å². The van der Waals surface area contributed by atoms with Crippen molar-refractivity contribution in [2.45, 2.75) is 37.6 Å². The second kappa shape index (κ2) is 6.64. The van der Waals surface area contributed by atoms with Gasteiger partial charge in [-0.05, 0) is 73.3 Å². The number of benzene rings is 1. The lowest BCUT2D eigenvalue weighted by Crippen LogP contribution is -2.42. The van der Waals surface area contributed by atoms with E-state index in [9.17, 15) is 0 Å². The third kappa shape index (κ3) is 3.77.